The Morgan fingerprint density at radius 2 is 1.62 bits per heavy atom. The van der Waals surface area contributed by atoms with Crippen molar-refractivity contribution in [3.63, 3.8) is 0 Å². The molecule has 6 nitrogen and oxygen atoms in total. The second kappa shape index (κ2) is 12.2. The molecule has 0 radical (unpaired) electrons. The largest absolute Gasteiger partial charge is 0.497 e. The fourth-order valence-electron chi connectivity index (χ4n) is 2.63. The van der Waals surface area contributed by atoms with Crippen molar-refractivity contribution < 1.29 is 23.8 Å². The predicted molar refractivity (Wildman–Crippen MR) is 100 cm³/mol. The maximum absolute atomic E-state index is 12.7. The van der Waals surface area contributed by atoms with E-state index in [1.54, 1.807) is 18.9 Å². The standard InChI is InChI=1S/C20H31NO5/c1-5-16(6-2)20(23)21(13-12-19(22)25-7-3)14-15-26-18-10-8-17(24-4)9-11-18/h8-11,16H,5-7,12-15H2,1-4H3. The van der Waals surface area contributed by atoms with Crippen LogP contribution in [0.2, 0.25) is 0 Å². The molecule has 0 unspecified atom stereocenters. The summed E-state index contributed by atoms with van der Waals surface area (Å²) in [7, 11) is 1.61. The van der Waals surface area contributed by atoms with Gasteiger partial charge in [-0.1, -0.05) is 13.8 Å². The van der Waals surface area contributed by atoms with Crippen molar-refractivity contribution in [2.24, 2.45) is 5.92 Å². The van der Waals surface area contributed by atoms with Gasteiger partial charge in [-0.3, -0.25) is 9.59 Å². The number of benzene rings is 1. The lowest BCUT2D eigenvalue weighted by Crippen LogP contribution is -2.40. The molecule has 26 heavy (non-hydrogen) atoms. The number of rotatable bonds is 12. The van der Waals surface area contributed by atoms with Crippen LogP contribution in [-0.2, 0) is 14.3 Å². The molecular weight excluding hydrogens is 334 g/mol. The molecule has 1 aromatic carbocycles. The first-order chi connectivity index (χ1) is 12.5. The quantitative estimate of drug-likeness (QED) is 0.532. The van der Waals surface area contributed by atoms with E-state index < -0.39 is 0 Å². The molecule has 0 heterocycles. The molecule has 0 fully saturated rings. The van der Waals surface area contributed by atoms with Gasteiger partial charge in [0.05, 0.1) is 26.7 Å². The van der Waals surface area contributed by atoms with Crippen LogP contribution in [0.25, 0.3) is 0 Å². The Bertz CT molecular complexity index is 540. The molecule has 146 valence electrons. The van der Waals surface area contributed by atoms with E-state index in [-0.39, 0.29) is 24.2 Å². The average Bonchev–Trinajstić information content (AvgIpc) is 2.66. The highest BCUT2D eigenvalue weighted by molar-refractivity contribution is 5.79. The summed E-state index contributed by atoms with van der Waals surface area (Å²) < 4.78 is 15.8. The van der Waals surface area contributed by atoms with Gasteiger partial charge in [-0.25, -0.2) is 0 Å². The Hall–Kier alpha value is -2.24. The Labute approximate surface area is 156 Å². The van der Waals surface area contributed by atoms with E-state index in [0.717, 1.165) is 18.6 Å². The van der Waals surface area contributed by atoms with Crippen LogP contribution in [0.4, 0.5) is 0 Å². The number of carbonyl (C=O) groups is 2. The van der Waals surface area contributed by atoms with Crippen molar-refractivity contribution in [3.8, 4) is 11.5 Å². The number of carbonyl (C=O) groups excluding carboxylic acids is 2. The predicted octanol–water partition coefficient (Wildman–Crippen LogP) is 3.29. The van der Waals surface area contributed by atoms with Gasteiger partial charge in [0.25, 0.3) is 0 Å². The fourth-order valence-corrected chi connectivity index (χ4v) is 2.63. The number of methoxy groups -OCH3 is 1. The van der Waals surface area contributed by atoms with E-state index in [2.05, 4.69) is 0 Å². The van der Waals surface area contributed by atoms with Crippen LogP contribution in [0.3, 0.4) is 0 Å². The number of ether oxygens (including phenoxy) is 3. The van der Waals surface area contributed by atoms with Crippen molar-refractivity contribution >= 4 is 11.9 Å². The first-order valence-corrected chi connectivity index (χ1v) is 9.26. The van der Waals surface area contributed by atoms with E-state index in [1.807, 2.05) is 38.1 Å². The van der Waals surface area contributed by atoms with Crippen molar-refractivity contribution in [3.05, 3.63) is 24.3 Å². The maximum Gasteiger partial charge on any atom is 0.307 e. The fraction of sp³-hybridized carbons (Fsp3) is 0.600. The van der Waals surface area contributed by atoms with Crippen LogP contribution in [-0.4, -0.2) is 50.2 Å². The van der Waals surface area contributed by atoms with Gasteiger partial charge < -0.3 is 19.1 Å². The first-order valence-electron chi connectivity index (χ1n) is 9.26. The molecule has 0 aliphatic rings. The number of nitrogens with zero attached hydrogens (tertiary/aromatic N) is 1. The molecule has 0 aliphatic heterocycles. The molecule has 0 N–H and O–H groups in total. The molecule has 0 saturated heterocycles. The molecule has 0 atom stereocenters. The lowest BCUT2D eigenvalue weighted by atomic mass is 10.0. The molecule has 0 bridgehead atoms. The Balaban J connectivity index is 2.61. The number of hydrogen-bond donors (Lipinski definition) is 0. The van der Waals surface area contributed by atoms with Gasteiger partial charge in [0.1, 0.15) is 18.1 Å². The summed E-state index contributed by atoms with van der Waals surface area (Å²) in [5.41, 5.74) is 0. The molecule has 1 aromatic rings. The average molecular weight is 365 g/mol. The van der Waals surface area contributed by atoms with Crippen molar-refractivity contribution in [1.29, 1.82) is 0 Å². The summed E-state index contributed by atoms with van der Waals surface area (Å²) in [5.74, 6) is 1.23. The summed E-state index contributed by atoms with van der Waals surface area (Å²) in [4.78, 5) is 26.0. The number of esters is 1. The monoisotopic (exact) mass is 365 g/mol. The van der Waals surface area contributed by atoms with Gasteiger partial charge >= 0.3 is 5.97 Å². The SMILES string of the molecule is CCOC(=O)CCN(CCOc1ccc(OC)cc1)C(=O)C(CC)CC. The summed E-state index contributed by atoms with van der Waals surface area (Å²) in [6.45, 7) is 7.27. The van der Waals surface area contributed by atoms with Gasteiger partial charge in [-0.15, -0.1) is 0 Å². The van der Waals surface area contributed by atoms with Gasteiger partial charge in [0.2, 0.25) is 5.91 Å². The van der Waals surface area contributed by atoms with Crippen molar-refractivity contribution in [1.82, 2.24) is 4.90 Å². The molecule has 1 rings (SSSR count). The minimum Gasteiger partial charge on any atom is -0.497 e. The zero-order valence-electron chi connectivity index (χ0n) is 16.3. The molecular formula is C20H31NO5. The van der Waals surface area contributed by atoms with Crippen LogP contribution >= 0.6 is 0 Å². The zero-order chi connectivity index (χ0) is 19.4. The highest BCUT2D eigenvalue weighted by Crippen LogP contribution is 2.17. The molecule has 6 heteroatoms. The molecule has 0 spiro atoms. The lowest BCUT2D eigenvalue weighted by molar-refractivity contribution is -0.144. The minimum atomic E-state index is -0.286. The van der Waals surface area contributed by atoms with Crippen LogP contribution in [0.5, 0.6) is 11.5 Å². The number of hydrogen-bond acceptors (Lipinski definition) is 5. The van der Waals surface area contributed by atoms with Crippen molar-refractivity contribution in [2.45, 2.75) is 40.0 Å². The van der Waals surface area contributed by atoms with E-state index in [4.69, 9.17) is 14.2 Å². The summed E-state index contributed by atoms with van der Waals surface area (Å²) in [6.07, 6.45) is 1.76. The van der Waals surface area contributed by atoms with E-state index in [9.17, 15) is 9.59 Å². The normalized spacial score (nSPS) is 10.5. The van der Waals surface area contributed by atoms with Crippen LogP contribution < -0.4 is 9.47 Å². The highest BCUT2D eigenvalue weighted by Gasteiger charge is 2.22. The Morgan fingerprint density at radius 1 is 1.00 bits per heavy atom. The van der Waals surface area contributed by atoms with Gasteiger partial charge in [-0.05, 0) is 44.0 Å². The molecule has 1 amide bonds. The second-order valence-corrected chi connectivity index (χ2v) is 5.92. The van der Waals surface area contributed by atoms with Gasteiger partial charge in [0.15, 0.2) is 0 Å². The van der Waals surface area contributed by atoms with Crippen LogP contribution in [0.1, 0.15) is 40.0 Å². The van der Waals surface area contributed by atoms with Crippen LogP contribution in [0, 0.1) is 5.92 Å². The zero-order valence-corrected chi connectivity index (χ0v) is 16.3. The second-order valence-electron chi connectivity index (χ2n) is 5.92. The molecule has 0 aliphatic carbocycles. The topological polar surface area (TPSA) is 65.1 Å². The smallest absolute Gasteiger partial charge is 0.307 e. The lowest BCUT2D eigenvalue weighted by Gasteiger charge is -2.26. The van der Waals surface area contributed by atoms with E-state index in [1.165, 1.54) is 0 Å². The highest BCUT2D eigenvalue weighted by atomic mass is 16.5. The third-order valence-electron chi connectivity index (χ3n) is 4.23. The van der Waals surface area contributed by atoms with Gasteiger partial charge in [0, 0.05) is 12.5 Å². The summed E-state index contributed by atoms with van der Waals surface area (Å²) in [5, 5.41) is 0. The third-order valence-corrected chi connectivity index (χ3v) is 4.23. The Morgan fingerprint density at radius 3 is 2.15 bits per heavy atom. The first kappa shape index (κ1) is 21.8. The third kappa shape index (κ3) is 7.33. The Kier molecular flexibility index (Phi) is 10.2. The van der Waals surface area contributed by atoms with Crippen molar-refractivity contribution in [2.75, 3.05) is 33.4 Å². The number of amides is 1. The summed E-state index contributed by atoms with van der Waals surface area (Å²) >= 11 is 0. The molecule has 0 aromatic heterocycles. The summed E-state index contributed by atoms with van der Waals surface area (Å²) in [6, 6.07) is 7.29. The molecule has 0 saturated carbocycles. The van der Waals surface area contributed by atoms with E-state index >= 15 is 0 Å². The van der Waals surface area contributed by atoms with Gasteiger partial charge in [-0.2, -0.15) is 0 Å². The minimum absolute atomic E-state index is 0.0295. The van der Waals surface area contributed by atoms with Crippen LogP contribution in [0.15, 0.2) is 24.3 Å². The van der Waals surface area contributed by atoms with E-state index in [0.29, 0.717) is 32.1 Å². The maximum atomic E-state index is 12.7.